The zero-order valence-electron chi connectivity index (χ0n) is 12.5. The summed E-state index contributed by atoms with van der Waals surface area (Å²) in [5, 5.41) is -0.215. The van der Waals surface area contributed by atoms with Gasteiger partial charge in [-0.05, 0) is 64.5 Å². The van der Waals surface area contributed by atoms with Crippen molar-refractivity contribution < 1.29 is 9.59 Å². The first-order valence-electron chi connectivity index (χ1n) is 7.10. The third kappa shape index (κ3) is 3.67. The highest BCUT2D eigenvalue weighted by Crippen LogP contribution is 2.33. The first-order valence-corrected chi connectivity index (χ1v) is 8.99. The lowest BCUT2D eigenvalue weighted by Crippen LogP contribution is -2.27. The molecule has 1 heterocycles. The average molecular weight is 435 g/mol. The van der Waals surface area contributed by atoms with Crippen molar-refractivity contribution in [3.63, 3.8) is 0 Å². The summed E-state index contributed by atoms with van der Waals surface area (Å²) in [4.78, 5) is 26.5. The highest BCUT2D eigenvalue weighted by molar-refractivity contribution is 14.1. The molecule has 1 fully saturated rings. The van der Waals surface area contributed by atoms with E-state index in [0.717, 1.165) is 32.0 Å². The van der Waals surface area contributed by atoms with Crippen LogP contribution in [-0.2, 0) is 11.3 Å². The lowest BCUT2D eigenvalue weighted by Gasteiger charge is -2.12. The highest BCUT2D eigenvalue weighted by atomic mass is 127. The number of carbonyl (C=O) groups excluding carboxylic acids is 2. The van der Waals surface area contributed by atoms with Crippen LogP contribution in [0.5, 0.6) is 0 Å². The first kappa shape index (κ1) is 16.3. The maximum atomic E-state index is 12.5. The number of nitrogens with zero attached hydrogens (tertiary/aromatic N) is 1. The molecule has 116 valence electrons. The summed E-state index contributed by atoms with van der Waals surface area (Å²) in [7, 11) is 0. The van der Waals surface area contributed by atoms with Crippen LogP contribution in [0, 0.1) is 10.5 Å². The van der Waals surface area contributed by atoms with Gasteiger partial charge in [0.2, 0.25) is 0 Å². The average Bonchev–Trinajstić information content (AvgIpc) is 2.79. The van der Waals surface area contributed by atoms with E-state index in [4.69, 9.17) is 0 Å². The van der Waals surface area contributed by atoms with Gasteiger partial charge in [-0.2, -0.15) is 0 Å². The molecule has 2 amide bonds. The molecule has 1 aliphatic heterocycles. The van der Waals surface area contributed by atoms with Crippen molar-refractivity contribution in [3.05, 3.63) is 73.7 Å². The van der Waals surface area contributed by atoms with E-state index in [1.807, 2.05) is 55.5 Å². The largest absolute Gasteiger partial charge is 0.293 e. The number of rotatable bonds is 3. The van der Waals surface area contributed by atoms with Gasteiger partial charge >= 0.3 is 0 Å². The number of halogens is 1. The van der Waals surface area contributed by atoms with E-state index in [2.05, 4.69) is 22.6 Å². The lowest BCUT2D eigenvalue weighted by atomic mass is 10.1. The second-order valence-electron chi connectivity index (χ2n) is 5.27. The predicted octanol–water partition coefficient (Wildman–Crippen LogP) is 4.84. The Hall–Kier alpha value is -1.60. The van der Waals surface area contributed by atoms with Crippen LogP contribution in [0.1, 0.15) is 16.7 Å². The van der Waals surface area contributed by atoms with Crippen LogP contribution in [-0.4, -0.2) is 16.0 Å². The van der Waals surface area contributed by atoms with Gasteiger partial charge in [-0.15, -0.1) is 0 Å². The molecular weight excluding hydrogens is 421 g/mol. The van der Waals surface area contributed by atoms with Gasteiger partial charge in [0, 0.05) is 3.57 Å². The Kier molecular flexibility index (Phi) is 4.87. The number of benzene rings is 2. The first-order chi connectivity index (χ1) is 11.0. The van der Waals surface area contributed by atoms with E-state index in [9.17, 15) is 9.59 Å². The van der Waals surface area contributed by atoms with Gasteiger partial charge in [0.05, 0.1) is 11.4 Å². The quantitative estimate of drug-likeness (QED) is 0.512. The molecule has 0 saturated carbocycles. The van der Waals surface area contributed by atoms with Crippen LogP contribution in [0.2, 0.25) is 0 Å². The minimum absolute atomic E-state index is 0.215. The Morgan fingerprint density at radius 2 is 1.78 bits per heavy atom. The SMILES string of the molecule is Cc1ccc(CN2C(=O)S/C(=C\c3ccccc3I)C2=O)cc1. The molecule has 0 aromatic heterocycles. The molecule has 0 aliphatic carbocycles. The maximum absolute atomic E-state index is 12.5. The zero-order valence-corrected chi connectivity index (χ0v) is 15.4. The van der Waals surface area contributed by atoms with E-state index in [-0.39, 0.29) is 11.1 Å². The van der Waals surface area contributed by atoms with Crippen LogP contribution >= 0.6 is 34.4 Å². The van der Waals surface area contributed by atoms with Crippen molar-refractivity contribution in [2.75, 3.05) is 0 Å². The summed E-state index contributed by atoms with van der Waals surface area (Å²) in [6.07, 6.45) is 1.79. The van der Waals surface area contributed by atoms with Crippen molar-refractivity contribution in [3.8, 4) is 0 Å². The van der Waals surface area contributed by atoms with Crippen molar-refractivity contribution in [1.82, 2.24) is 4.90 Å². The standard InChI is InChI=1S/C18H14INO2S/c1-12-6-8-13(9-7-12)11-20-17(21)16(23-18(20)22)10-14-4-2-3-5-15(14)19/h2-10H,11H2,1H3/b16-10-. The molecule has 0 bridgehead atoms. The molecule has 23 heavy (non-hydrogen) atoms. The highest BCUT2D eigenvalue weighted by Gasteiger charge is 2.35. The number of hydrogen-bond acceptors (Lipinski definition) is 3. The summed E-state index contributed by atoms with van der Waals surface area (Å²) < 4.78 is 1.05. The molecule has 0 atom stereocenters. The van der Waals surface area contributed by atoms with E-state index in [0.29, 0.717) is 11.4 Å². The van der Waals surface area contributed by atoms with Crippen molar-refractivity contribution in [1.29, 1.82) is 0 Å². The molecule has 1 saturated heterocycles. The zero-order chi connectivity index (χ0) is 16.4. The minimum Gasteiger partial charge on any atom is -0.268 e. The number of amides is 2. The lowest BCUT2D eigenvalue weighted by molar-refractivity contribution is -0.123. The van der Waals surface area contributed by atoms with Gasteiger partial charge in [0.25, 0.3) is 11.1 Å². The van der Waals surface area contributed by atoms with E-state index in [1.54, 1.807) is 6.08 Å². The second-order valence-corrected chi connectivity index (χ2v) is 7.43. The van der Waals surface area contributed by atoms with Crippen LogP contribution in [0.25, 0.3) is 6.08 Å². The number of hydrogen-bond donors (Lipinski definition) is 0. The molecule has 3 nitrogen and oxygen atoms in total. The third-order valence-corrected chi connectivity index (χ3v) is 5.42. The van der Waals surface area contributed by atoms with Crippen LogP contribution in [0.3, 0.4) is 0 Å². The van der Waals surface area contributed by atoms with Gasteiger partial charge in [0.1, 0.15) is 0 Å². The normalized spacial score (nSPS) is 16.4. The molecule has 0 spiro atoms. The van der Waals surface area contributed by atoms with Crippen LogP contribution in [0.15, 0.2) is 53.4 Å². The summed E-state index contributed by atoms with van der Waals surface area (Å²) in [6, 6.07) is 15.6. The Morgan fingerprint density at radius 3 is 2.48 bits per heavy atom. The number of thioether (sulfide) groups is 1. The summed E-state index contributed by atoms with van der Waals surface area (Å²) >= 11 is 3.23. The summed E-state index contributed by atoms with van der Waals surface area (Å²) in [5.41, 5.74) is 3.06. The van der Waals surface area contributed by atoms with Gasteiger partial charge in [0.15, 0.2) is 0 Å². The summed E-state index contributed by atoms with van der Waals surface area (Å²) in [5.74, 6) is -0.222. The number of aryl methyl sites for hydroxylation is 1. The summed E-state index contributed by atoms with van der Waals surface area (Å²) in [6.45, 7) is 2.32. The predicted molar refractivity (Wildman–Crippen MR) is 102 cm³/mol. The Labute approximate surface area is 152 Å². The minimum atomic E-state index is -0.222. The van der Waals surface area contributed by atoms with Gasteiger partial charge in [-0.1, -0.05) is 48.0 Å². The van der Waals surface area contributed by atoms with E-state index >= 15 is 0 Å². The monoisotopic (exact) mass is 435 g/mol. The molecule has 1 aliphatic rings. The van der Waals surface area contributed by atoms with Crippen LogP contribution < -0.4 is 0 Å². The molecular formula is C18H14INO2S. The molecule has 0 N–H and O–H groups in total. The fourth-order valence-corrected chi connectivity index (χ4v) is 3.62. The van der Waals surface area contributed by atoms with E-state index in [1.165, 1.54) is 4.90 Å². The number of imide groups is 1. The maximum Gasteiger partial charge on any atom is 0.293 e. The Balaban J connectivity index is 1.82. The van der Waals surface area contributed by atoms with Crippen molar-refractivity contribution in [2.45, 2.75) is 13.5 Å². The third-order valence-electron chi connectivity index (χ3n) is 3.53. The molecule has 2 aromatic rings. The van der Waals surface area contributed by atoms with E-state index < -0.39 is 0 Å². The Bertz CT molecular complexity index is 799. The number of carbonyl (C=O) groups is 2. The molecule has 0 unspecified atom stereocenters. The molecule has 5 heteroatoms. The fourth-order valence-electron chi connectivity index (χ4n) is 2.25. The van der Waals surface area contributed by atoms with Gasteiger partial charge < -0.3 is 0 Å². The second kappa shape index (κ2) is 6.88. The van der Waals surface area contributed by atoms with Gasteiger partial charge in [-0.25, -0.2) is 0 Å². The fraction of sp³-hybridized carbons (Fsp3) is 0.111. The molecule has 2 aromatic carbocycles. The van der Waals surface area contributed by atoms with Crippen molar-refractivity contribution in [2.24, 2.45) is 0 Å². The Morgan fingerprint density at radius 1 is 1.09 bits per heavy atom. The smallest absolute Gasteiger partial charge is 0.268 e. The van der Waals surface area contributed by atoms with Gasteiger partial charge in [-0.3, -0.25) is 14.5 Å². The topological polar surface area (TPSA) is 37.4 Å². The molecule has 0 radical (unpaired) electrons. The van der Waals surface area contributed by atoms with Crippen LogP contribution in [0.4, 0.5) is 4.79 Å². The molecule has 3 rings (SSSR count). The van der Waals surface area contributed by atoms with Crippen molar-refractivity contribution >= 4 is 51.6 Å².